The number of anilines is 1. The molecule has 1 aliphatic heterocycles. The topological polar surface area (TPSA) is 54.5 Å². The fourth-order valence-corrected chi connectivity index (χ4v) is 4.04. The number of sulfone groups is 1. The average Bonchev–Trinajstić information content (AvgIpc) is 2.91. The fourth-order valence-electron chi connectivity index (χ4n) is 2.77. The Morgan fingerprint density at radius 1 is 1.04 bits per heavy atom. The summed E-state index contributed by atoms with van der Waals surface area (Å²) in [4.78, 5) is 14.6. The van der Waals surface area contributed by atoms with Gasteiger partial charge in [0.15, 0.2) is 9.84 Å². The van der Waals surface area contributed by atoms with Crippen LogP contribution in [0.25, 0.3) is 0 Å². The summed E-state index contributed by atoms with van der Waals surface area (Å²) in [5.41, 5.74) is 3.43. The van der Waals surface area contributed by atoms with Crippen molar-refractivity contribution in [2.45, 2.75) is 19.9 Å². The van der Waals surface area contributed by atoms with E-state index in [1.54, 1.807) is 35.2 Å². The molecule has 2 aromatic carbocycles. The van der Waals surface area contributed by atoms with E-state index in [0.29, 0.717) is 11.3 Å². The number of hydrogen-bond acceptors (Lipinski definition) is 3. The minimum atomic E-state index is -3.26. The van der Waals surface area contributed by atoms with Crippen LogP contribution in [0.15, 0.2) is 60.0 Å². The Balaban J connectivity index is 2.06. The highest BCUT2D eigenvalue weighted by molar-refractivity contribution is 7.94. The van der Waals surface area contributed by atoms with E-state index in [-0.39, 0.29) is 11.7 Å². The molecule has 0 aromatic heterocycles. The van der Waals surface area contributed by atoms with E-state index in [4.69, 9.17) is 0 Å². The van der Waals surface area contributed by atoms with Gasteiger partial charge in [-0.15, -0.1) is 0 Å². The molecule has 4 nitrogen and oxygen atoms in total. The van der Waals surface area contributed by atoms with Crippen LogP contribution in [0, 0.1) is 13.8 Å². The number of aryl methyl sites for hydroxylation is 2. The first-order valence-electron chi connectivity index (χ1n) is 7.74. The predicted octanol–water partition coefficient (Wildman–Crippen LogP) is 3.26. The summed E-state index contributed by atoms with van der Waals surface area (Å²) in [6, 6.07) is 14.2. The molecule has 0 bridgehead atoms. The van der Waals surface area contributed by atoms with Gasteiger partial charge >= 0.3 is 0 Å². The molecule has 3 rings (SSSR count). The van der Waals surface area contributed by atoms with E-state index in [1.807, 2.05) is 38.1 Å². The molecule has 0 spiro atoms. The lowest BCUT2D eigenvalue weighted by atomic mass is 10.1. The molecular weight excluding hydrogens is 322 g/mol. The van der Waals surface area contributed by atoms with Crippen LogP contribution in [-0.2, 0) is 9.84 Å². The molecule has 1 heterocycles. The van der Waals surface area contributed by atoms with Crippen molar-refractivity contribution in [3.8, 4) is 0 Å². The van der Waals surface area contributed by atoms with Crippen LogP contribution in [0.3, 0.4) is 0 Å². The van der Waals surface area contributed by atoms with E-state index in [0.717, 1.165) is 11.1 Å². The molecule has 24 heavy (non-hydrogen) atoms. The highest BCUT2D eigenvalue weighted by Gasteiger charge is 2.32. The predicted molar refractivity (Wildman–Crippen MR) is 95.9 cm³/mol. The van der Waals surface area contributed by atoms with Crippen LogP contribution in [0.5, 0.6) is 0 Å². The van der Waals surface area contributed by atoms with Crippen LogP contribution in [0.1, 0.15) is 21.5 Å². The molecular formula is C19H19NO3S. The van der Waals surface area contributed by atoms with Gasteiger partial charge in [0.2, 0.25) is 0 Å². The Labute approximate surface area is 142 Å². The summed E-state index contributed by atoms with van der Waals surface area (Å²) in [6.45, 7) is 3.98. The zero-order valence-corrected chi connectivity index (χ0v) is 14.5. The molecule has 0 unspecified atom stereocenters. The van der Waals surface area contributed by atoms with Crippen LogP contribution >= 0.6 is 0 Å². The van der Waals surface area contributed by atoms with Gasteiger partial charge in [0.1, 0.15) is 0 Å². The summed E-state index contributed by atoms with van der Waals surface area (Å²) in [7, 11) is -3.26. The Bertz CT molecular complexity index is 901. The van der Waals surface area contributed by atoms with Crippen LogP contribution in [0.4, 0.5) is 5.69 Å². The first-order valence-corrected chi connectivity index (χ1v) is 9.46. The highest BCUT2D eigenvalue weighted by Crippen LogP contribution is 2.26. The van der Waals surface area contributed by atoms with Crippen molar-refractivity contribution in [2.24, 2.45) is 0 Å². The number of nitrogens with zero attached hydrogens (tertiary/aromatic N) is 1. The van der Waals surface area contributed by atoms with E-state index < -0.39 is 15.9 Å². The Morgan fingerprint density at radius 3 is 2.33 bits per heavy atom. The number of benzene rings is 2. The van der Waals surface area contributed by atoms with Gasteiger partial charge in [-0.25, -0.2) is 8.42 Å². The normalized spacial score (nSPS) is 18.5. The fraction of sp³-hybridized carbons (Fsp3) is 0.211. The zero-order chi connectivity index (χ0) is 17.3. The van der Waals surface area contributed by atoms with Gasteiger partial charge in [0.05, 0.1) is 11.8 Å². The van der Waals surface area contributed by atoms with Crippen molar-refractivity contribution in [1.82, 2.24) is 0 Å². The van der Waals surface area contributed by atoms with Gasteiger partial charge in [-0.2, -0.15) is 0 Å². The maximum atomic E-state index is 13.0. The SMILES string of the molecule is Cc1ccc(N(C(=O)c2ccccc2)[C@@H]2C=CS(=O)(=O)C2)cc1C. The Hall–Kier alpha value is -2.40. The smallest absolute Gasteiger partial charge is 0.258 e. The second-order valence-corrected chi connectivity index (χ2v) is 7.97. The third-order valence-electron chi connectivity index (χ3n) is 4.25. The summed E-state index contributed by atoms with van der Waals surface area (Å²) in [5.74, 6) is -0.288. The Kier molecular flexibility index (Phi) is 4.28. The molecule has 0 fully saturated rings. The van der Waals surface area contributed by atoms with Gasteiger partial charge in [0.25, 0.3) is 5.91 Å². The first kappa shape index (κ1) is 16.5. The van der Waals surface area contributed by atoms with Gasteiger partial charge in [-0.1, -0.05) is 24.3 Å². The van der Waals surface area contributed by atoms with Gasteiger partial charge in [-0.3, -0.25) is 4.79 Å². The largest absolute Gasteiger partial charge is 0.300 e. The van der Waals surface area contributed by atoms with E-state index in [9.17, 15) is 13.2 Å². The van der Waals surface area contributed by atoms with Gasteiger partial charge < -0.3 is 4.90 Å². The minimum absolute atomic E-state index is 0.0848. The molecule has 0 N–H and O–H groups in total. The molecule has 0 saturated heterocycles. The third kappa shape index (κ3) is 3.26. The summed E-state index contributed by atoms with van der Waals surface area (Å²) >= 11 is 0. The highest BCUT2D eigenvalue weighted by atomic mass is 32.2. The molecule has 1 aliphatic rings. The number of amides is 1. The monoisotopic (exact) mass is 341 g/mol. The van der Waals surface area contributed by atoms with Crippen LogP contribution in [0.2, 0.25) is 0 Å². The third-order valence-corrected chi connectivity index (χ3v) is 5.63. The van der Waals surface area contributed by atoms with Gasteiger partial charge in [-0.05, 0) is 55.3 Å². The lowest BCUT2D eigenvalue weighted by Gasteiger charge is -2.28. The Morgan fingerprint density at radius 2 is 1.75 bits per heavy atom. The van der Waals surface area contributed by atoms with Crippen molar-refractivity contribution < 1.29 is 13.2 Å². The molecule has 1 atom stereocenters. The molecule has 1 amide bonds. The van der Waals surface area contributed by atoms with Crippen molar-refractivity contribution in [3.05, 3.63) is 76.7 Å². The second kappa shape index (κ2) is 6.24. The van der Waals surface area contributed by atoms with E-state index in [1.165, 1.54) is 5.41 Å². The summed E-state index contributed by atoms with van der Waals surface area (Å²) < 4.78 is 23.7. The standard InChI is InChI=1S/C19H19NO3S/c1-14-8-9-17(12-15(14)2)20(18-10-11-24(22,23)13-18)19(21)16-6-4-3-5-7-16/h3-12,18H,13H2,1-2H3/t18-/m1/s1. The van der Waals surface area contributed by atoms with Gasteiger partial charge in [0, 0.05) is 16.7 Å². The van der Waals surface area contributed by atoms with Crippen molar-refractivity contribution in [2.75, 3.05) is 10.7 Å². The summed E-state index contributed by atoms with van der Waals surface area (Å²) in [5, 5.41) is 1.20. The molecule has 0 saturated carbocycles. The molecule has 0 radical (unpaired) electrons. The number of rotatable bonds is 3. The van der Waals surface area contributed by atoms with E-state index >= 15 is 0 Å². The van der Waals surface area contributed by atoms with Crippen molar-refractivity contribution >= 4 is 21.4 Å². The quantitative estimate of drug-likeness (QED) is 0.861. The maximum absolute atomic E-state index is 13.0. The van der Waals surface area contributed by atoms with E-state index in [2.05, 4.69) is 0 Å². The van der Waals surface area contributed by atoms with Crippen LogP contribution in [-0.4, -0.2) is 26.1 Å². The lowest BCUT2D eigenvalue weighted by molar-refractivity contribution is 0.0983. The molecule has 2 aromatic rings. The minimum Gasteiger partial charge on any atom is -0.300 e. The lowest BCUT2D eigenvalue weighted by Crippen LogP contribution is -2.41. The van der Waals surface area contributed by atoms with Crippen molar-refractivity contribution in [3.63, 3.8) is 0 Å². The molecule has 124 valence electrons. The number of carbonyl (C=O) groups is 1. The average molecular weight is 341 g/mol. The molecule has 0 aliphatic carbocycles. The summed E-state index contributed by atoms with van der Waals surface area (Å²) in [6.07, 6.45) is 1.59. The molecule has 5 heteroatoms. The second-order valence-electron chi connectivity index (χ2n) is 6.04. The number of carbonyl (C=O) groups excluding carboxylic acids is 1. The zero-order valence-electron chi connectivity index (χ0n) is 13.6. The van der Waals surface area contributed by atoms with Crippen molar-refractivity contribution in [1.29, 1.82) is 0 Å². The number of hydrogen-bond donors (Lipinski definition) is 0. The first-order chi connectivity index (χ1) is 11.4. The maximum Gasteiger partial charge on any atom is 0.258 e. The van der Waals surface area contributed by atoms with Crippen LogP contribution < -0.4 is 4.90 Å².